The van der Waals surface area contributed by atoms with E-state index in [1.807, 2.05) is 0 Å². The van der Waals surface area contributed by atoms with Crippen molar-refractivity contribution in [3.8, 4) is 0 Å². The van der Waals surface area contributed by atoms with Gasteiger partial charge in [-0.2, -0.15) is 0 Å². The molecule has 176 valence electrons. The summed E-state index contributed by atoms with van der Waals surface area (Å²) < 4.78 is 17.5. The van der Waals surface area contributed by atoms with Gasteiger partial charge >= 0.3 is 0 Å². The molecule has 0 amide bonds. The lowest BCUT2D eigenvalue weighted by Crippen LogP contribution is -2.39. The summed E-state index contributed by atoms with van der Waals surface area (Å²) in [5.74, 6) is 1.30. The number of aliphatic imine (C=N–C) groups is 1. The second kappa shape index (κ2) is 15.0. The van der Waals surface area contributed by atoms with E-state index in [0.29, 0.717) is 12.0 Å². The van der Waals surface area contributed by atoms with Gasteiger partial charge in [-0.05, 0) is 51.5 Å². The molecule has 0 aliphatic carbocycles. The van der Waals surface area contributed by atoms with E-state index in [4.69, 9.17) is 19.2 Å². The molecule has 3 rings (SSSR count). The van der Waals surface area contributed by atoms with Crippen LogP contribution >= 0.6 is 24.0 Å². The molecule has 0 radical (unpaired) electrons. The number of rotatable bonds is 9. The van der Waals surface area contributed by atoms with Gasteiger partial charge in [-0.25, -0.2) is 0 Å². The van der Waals surface area contributed by atoms with Gasteiger partial charge in [0.15, 0.2) is 5.96 Å². The van der Waals surface area contributed by atoms with E-state index in [2.05, 4.69) is 48.7 Å². The van der Waals surface area contributed by atoms with Crippen LogP contribution < -0.4 is 10.6 Å². The molecule has 2 aliphatic heterocycles. The van der Waals surface area contributed by atoms with Crippen molar-refractivity contribution in [2.45, 2.75) is 58.2 Å². The molecule has 0 saturated carbocycles. The Kier molecular flexibility index (Phi) is 12.8. The largest absolute Gasteiger partial charge is 0.381 e. The van der Waals surface area contributed by atoms with Gasteiger partial charge in [0.25, 0.3) is 0 Å². The molecule has 1 aromatic carbocycles. The standard InChI is InChI=1S/C24H39N3O3.HI/c1-3-25-24(26-13-5-15-29-22-11-16-28-17-12-22)27-18-21-6-4-14-30-23(21)20-9-7-19(2)8-10-20;/h7-10,21-23H,3-6,11-18H2,1-2H3,(H2,25,26,27);1H. The Labute approximate surface area is 204 Å². The van der Waals surface area contributed by atoms with E-state index in [-0.39, 0.29) is 30.1 Å². The minimum Gasteiger partial charge on any atom is -0.381 e. The van der Waals surface area contributed by atoms with Crippen LogP contribution in [0.5, 0.6) is 0 Å². The number of hydrogen-bond donors (Lipinski definition) is 2. The predicted octanol–water partition coefficient (Wildman–Crippen LogP) is 4.22. The van der Waals surface area contributed by atoms with Gasteiger partial charge in [0.1, 0.15) is 0 Å². The fraction of sp³-hybridized carbons (Fsp3) is 0.708. The van der Waals surface area contributed by atoms with Crippen molar-refractivity contribution in [2.24, 2.45) is 10.9 Å². The van der Waals surface area contributed by atoms with Crippen LogP contribution in [-0.2, 0) is 14.2 Å². The summed E-state index contributed by atoms with van der Waals surface area (Å²) in [6.45, 7) is 9.98. The monoisotopic (exact) mass is 545 g/mol. The summed E-state index contributed by atoms with van der Waals surface area (Å²) in [5.41, 5.74) is 2.55. The number of guanidine groups is 1. The number of nitrogens with zero attached hydrogens (tertiary/aromatic N) is 1. The summed E-state index contributed by atoms with van der Waals surface area (Å²) in [4.78, 5) is 4.88. The van der Waals surface area contributed by atoms with E-state index in [1.165, 1.54) is 11.1 Å². The number of benzene rings is 1. The van der Waals surface area contributed by atoms with E-state index in [0.717, 1.165) is 84.1 Å². The maximum atomic E-state index is 6.14. The molecule has 0 bridgehead atoms. The topological polar surface area (TPSA) is 64.1 Å². The Hall–Kier alpha value is -0.900. The van der Waals surface area contributed by atoms with E-state index >= 15 is 0 Å². The second-order valence-corrected chi connectivity index (χ2v) is 8.29. The Morgan fingerprint density at radius 2 is 1.87 bits per heavy atom. The summed E-state index contributed by atoms with van der Waals surface area (Å²) in [6, 6.07) is 8.73. The smallest absolute Gasteiger partial charge is 0.191 e. The molecule has 2 heterocycles. The number of ether oxygens (including phenoxy) is 3. The van der Waals surface area contributed by atoms with Crippen LogP contribution in [0.4, 0.5) is 0 Å². The van der Waals surface area contributed by atoms with Crippen LogP contribution in [-0.4, -0.2) is 58.1 Å². The Morgan fingerprint density at radius 1 is 1.10 bits per heavy atom. The second-order valence-electron chi connectivity index (χ2n) is 8.29. The zero-order valence-corrected chi connectivity index (χ0v) is 21.4. The van der Waals surface area contributed by atoms with Gasteiger partial charge in [0.2, 0.25) is 0 Å². The number of hydrogen-bond acceptors (Lipinski definition) is 4. The van der Waals surface area contributed by atoms with Crippen molar-refractivity contribution < 1.29 is 14.2 Å². The molecule has 2 N–H and O–H groups in total. The summed E-state index contributed by atoms with van der Waals surface area (Å²) in [7, 11) is 0. The van der Waals surface area contributed by atoms with Crippen molar-refractivity contribution >= 4 is 29.9 Å². The fourth-order valence-corrected chi connectivity index (χ4v) is 4.08. The molecule has 2 unspecified atom stereocenters. The molecular weight excluding hydrogens is 505 g/mol. The van der Waals surface area contributed by atoms with Crippen LogP contribution in [0.1, 0.15) is 56.3 Å². The molecule has 2 atom stereocenters. The lowest BCUT2D eigenvalue weighted by molar-refractivity contribution is -0.0320. The first kappa shape index (κ1) is 26.4. The highest BCUT2D eigenvalue weighted by atomic mass is 127. The number of nitrogens with one attached hydrogen (secondary N) is 2. The third-order valence-corrected chi connectivity index (χ3v) is 5.81. The fourth-order valence-electron chi connectivity index (χ4n) is 4.08. The average Bonchev–Trinajstić information content (AvgIpc) is 2.79. The third-order valence-electron chi connectivity index (χ3n) is 5.81. The first-order valence-electron chi connectivity index (χ1n) is 11.7. The van der Waals surface area contributed by atoms with Crippen LogP contribution in [0.3, 0.4) is 0 Å². The van der Waals surface area contributed by atoms with Crippen LogP contribution in [0.15, 0.2) is 29.3 Å². The molecule has 1 aromatic rings. The van der Waals surface area contributed by atoms with Gasteiger partial charge in [-0.1, -0.05) is 29.8 Å². The Morgan fingerprint density at radius 3 is 2.61 bits per heavy atom. The van der Waals surface area contributed by atoms with Crippen molar-refractivity contribution in [1.29, 1.82) is 0 Å². The highest BCUT2D eigenvalue weighted by Crippen LogP contribution is 2.33. The van der Waals surface area contributed by atoms with Crippen molar-refractivity contribution in [1.82, 2.24) is 10.6 Å². The molecular formula is C24H40IN3O3. The van der Waals surface area contributed by atoms with Crippen molar-refractivity contribution in [3.63, 3.8) is 0 Å². The van der Waals surface area contributed by atoms with Gasteiger partial charge < -0.3 is 24.8 Å². The Balaban J connectivity index is 0.00000341. The van der Waals surface area contributed by atoms with Crippen molar-refractivity contribution in [3.05, 3.63) is 35.4 Å². The first-order chi connectivity index (χ1) is 14.8. The summed E-state index contributed by atoms with van der Waals surface area (Å²) in [5, 5.41) is 6.82. The number of aryl methyl sites for hydroxylation is 1. The Bertz CT molecular complexity index is 635. The maximum absolute atomic E-state index is 6.14. The average molecular weight is 546 g/mol. The van der Waals surface area contributed by atoms with Crippen LogP contribution in [0.2, 0.25) is 0 Å². The molecule has 7 heteroatoms. The highest BCUT2D eigenvalue weighted by Gasteiger charge is 2.27. The molecule has 2 aliphatic rings. The zero-order chi connectivity index (χ0) is 21.0. The normalized spacial score (nSPS) is 22.6. The predicted molar refractivity (Wildman–Crippen MR) is 136 cm³/mol. The molecule has 31 heavy (non-hydrogen) atoms. The third kappa shape index (κ3) is 9.24. The highest BCUT2D eigenvalue weighted by molar-refractivity contribution is 14.0. The zero-order valence-electron chi connectivity index (χ0n) is 19.1. The molecule has 2 saturated heterocycles. The SMILES string of the molecule is CCNC(=NCC1CCCOC1c1ccc(C)cc1)NCCCOC1CCOCC1.I. The van der Waals surface area contributed by atoms with E-state index < -0.39 is 0 Å². The number of halogens is 1. The van der Waals surface area contributed by atoms with E-state index in [1.54, 1.807) is 0 Å². The van der Waals surface area contributed by atoms with Gasteiger partial charge in [-0.3, -0.25) is 4.99 Å². The molecule has 2 fully saturated rings. The maximum Gasteiger partial charge on any atom is 0.191 e. The summed E-state index contributed by atoms with van der Waals surface area (Å²) >= 11 is 0. The summed E-state index contributed by atoms with van der Waals surface area (Å²) in [6.07, 6.45) is 5.77. The van der Waals surface area contributed by atoms with Gasteiger partial charge in [0.05, 0.1) is 12.2 Å². The minimum atomic E-state index is 0. The minimum absolute atomic E-state index is 0. The first-order valence-corrected chi connectivity index (χ1v) is 11.7. The van der Waals surface area contributed by atoms with Gasteiger partial charge in [0, 0.05) is 52.0 Å². The quantitative estimate of drug-likeness (QED) is 0.211. The molecule has 0 spiro atoms. The van der Waals surface area contributed by atoms with Crippen LogP contribution in [0, 0.1) is 12.8 Å². The van der Waals surface area contributed by atoms with Crippen LogP contribution in [0.25, 0.3) is 0 Å². The lowest BCUT2D eigenvalue weighted by Gasteiger charge is -2.31. The molecule has 6 nitrogen and oxygen atoms in total. The molecule has 0 aromatic heterocycles. The van der Waals surface area contributed by atoms with Gasteiger partial charge in [-0.15, -0.1) is 24.0 Å². The lowest BCUT2D eigenvalue weighted by atomic mass is 9.89. The van der Waals surface area contributed by atoms with E-state index in [9.17, 15) is 0 Å². The van der Waals surface area contributed by atoms with Crippen molar-refractivity contribution in [2.75, 3.05) is 46.1 Å².